The molecule has 27 heavy (non-hydrogen) atoms. The van der Waals surface area contributed by atoms with Gasteiger partial charge in [0.15, 0.2) is 0 Å². The fourth-order valence-corrected chi connectivity index (χ4v) is 2.73. The van der Waals surface area contributed by atoms with Crippen LogP contribution in [0, 0.1) is 16.7 Å². The van der Waals surface area contributed by atoms with Crippen molar-refractivity contribution in [1.29, 1.82) is 0 Å². The summed E-state index contributed by atoms with van der Waals surface area (Å²) in [6, 6.07) is 0. The molecule has 2 unspecified atom stereocenters. The maximum absolute atomic E-state index is 13.7. The second-order valence-electron chi connectivity index (χ2n) is 8.01. The first-order chi connectivity index (χ1) is 11.7. The van der Waals surface area contributed by atoms with Gasteiger partial charge in [0.1, 0.15) is 0 Å². The van der Waals surface area contributed by atoms with E-state index in [1.807, 2.05) is 0 Å². The molecule has 0 spiro atoms. The lowest BCUT2D eigenvalue weighted by Crippen LogP contribution is -2.53. The molecule has 0 aromatic heterocycles. The number of esters is 1. The van der Waals surface area contributed by atoms with E-state index in [0.29, 0.717) is 12.8 Å². The van der Waals surface area contributed by atoms with Crippen molar-refractivity contribution >= 4 is 16.1 Å². The van der Waals surface area contributed by atoms with Gasteiger partial charge >= 0.3 is 27.5 Å². The quantitative estimate of drug-likeness (QED) is 0.325. The minimum absolute atomic E-state index is 0.0468. The van der Waals surface area contributed by atoms with E-state index >= 15 is 0 Å². The molecule has 2 atom stereocenters. The van der Waals surface area contributed by atoms with Gasteiger partial charge in [0, 0.05) is 0 Å². The normalized spacial score (nSPS) is 16.7. The van der Waals surface area contributed by atoms with Crippen LogP contribution in [0.25, 0.3) is 0 Å². The zero-order valence-corrected chi connectivity index (χ0v) is 17.0. The van der Waals surface area contributed by atoms with Crippen LogP contribution in [0.1, 0.15) is 60.8 Å². The highest BCUT2D eigenvalue weighted by molar-refractivity contribution is 7.86. The van der Waals surface area contributed by atoms with Crippen LogP contribution < -0.4 is 0 Å². The zero-order chi connectivity index (χ0) is 22.1. The number of alkyl halides is 5. The summed E-state index contributed by atoms with van der Waals surface area (Å²) in [5, 5.41) is -5.73. The van der Waals surface area contributed by atoms with Crippen molar-refractivity contribution in [2.45, 2.75) is 78.3 Å². The van der Waals surface area contributed by atoms with Crippen LogP contribution in [0.5, 0.6) is 0 Å². The molecular weight excluding hydrogens is 399 g/mol. The number of halogens is 5. The number of carbonyl (C=O) groups excluding carboxylic acids is 1. The van der Waals surface area contributed by atoms with Crippen LogP contribution in [0.4, 0.5) is 22.0 Å². The highest BCUT2D eigenvalue weighted by atomic mass is 32.2. The average molecular weight is 426 g/mol. The Kier molecular flexibility index (Phi) is 7.89. The number of carbonyl (C=O) groups is 1. The Labute approximate surface area is 156 Å². The van der Waals surface area contributed by atoms with Gasteiger partial charge in [0.25, 0.3) is 6.10 Å². The van der Waals surface area contributed by atoms with Crippen molar-refractivity contribution in [2.24, 2.45) is 16.7 Å². The summed E-state index contributed by atoms with van der Waals surface area (Å²) < 4.78 is 100. The smallest absolute Gasteiger partial charge is 0.432 e. The Bertz CT molecular complexity index is 626. The van der Waals surface area contributed by atoms with Gasteiger partial charge in [-0.15, -0.1) is 0 Å². The average Bonchev–Trinajstić information content (AvgIpc) is 2.47. The van der Waals surface area contributed by atoms with E-state index in [9.17, 15) is 35.2 Å². The first-order valence-corrected chi connectivity index (χ1v) is 9.79. The highest BCUT2D eigenvalue weighted by Crippen LogP contribution is 2.43. The molecule has 0 aliphatic carbocycles. The van der Waals surface area contributed by atoms with Crippen LogP contribution in [-0.2, 0) is 19.6 Å². The van der Waals surface area contributed by atoms with Crippen molar-refractivity contribution < 1.29 is 44.5 Å². The lowest BCUT2D eigenvalue weighted by Gasteiger charge is -2.38. The van der Waals surface area contributed by atoms with E-state index < -0.39 is 50.4 Å². The van der Waals surface area contributed by atoms with Gasteiger partial charge in [-0.25, -0.2) is 0 Å². The Morgan fingerprint density at radius 2 is 1.44 bits per heavy atom. The summed E-state index contributed by atoms with van der Waals surface area (Å²) >= 11 is 0. The van der Waals surface area contributed by atoms with Crippen LogP contribution >= 0.6 is 0 Å². The summed E-state index contributed by atoms with van der Waals surface area (Å²) in [6.45, 7) is 10.1. The zero-order valence-electron chi connectivity index (χ0n) is 16.2. The molecule has 0 bridgehead atoms. The molecule has 0 amide bonds. The molecule has 0 rings (SSSR count). The molecule has 0 aliphatic rings. The Balaban J connectivity index is 6.04. The molecule has 1 N–H and O–H groups in total. The first kappa shape index (κ1) is 26.0. The van der Waals surface area contributed by atoms with E-state index in [1.54, 1.807) is 41.5 Å². The standard InChI is InChI=1S/C16H27F5O5S/c1-7-13(3,4)9-10(14(5,6)8-2)11(22)26-12(15(17,18)19)16(20,21)27(23,24)25/h10,12H,7-9H2,1-6H3,(H,23,24,25). The fourth-order valence-electron chi connectivity index (χ4n) is 2.28. The summed E-state index contributed by atoms with van der Waals surface area (Å²) in [7, 11) is -6.47. The Hall–Kier alpha value is -0.970. The second kappa shape index (κ2) is 8.18. The molecule has 0 aromatic rings. The van der Waals surface area contributed by atoms with E-state index in [1.165, 1.54) is 0 Å². The molecule has 0 aromatic carbocycles. The third kappa shape index (κ3) is 6.55. The van der Waals surface area contributed by atoms with Crippen molar-refractivity contribution in [3.63, 3.8) is 0 Å². The Morgan fingerprint density at radius 3 is 1.74 bits per heavy atom. The summed E-state index contributed by atoms with van der Waals surface area (Å²) in [6.07, 6.45) is -9.29. The fraction of sp³-hybridized carbons (Fsp3) is 0.938. The number of hydrogen-bond donors (Lipinski definition) is 1. The van der Waals surface area contributed by atoms with Gasteiger partial charge in [-0.3, -0.25) is 9.35 Å². The number of hydrogen-bond acceptors (Lipinski definition) is 4. The minimum Gasteiger partial charge on any atom is -0.444 e. The lowest BCUT2D eigenvalue weighted by molar-refractivity contribution is -0.262. The number of ether oxygens (including phenoxy) is 1. The SMILES string of the molecule is CCC(C)(C)CC(C(=O)OC(C(F)(F)F)C(F)(F)S(=O)(=O)O)C(C)(C)CC. The molecule has 0 saturated heterocycles. The maximum Gasteiger partial charge on any atom is 0.432 e. The van der Waals surface area contributed by atoms with Crippen LogP contribution in [0.3, 0.4) is 0 Å². The monoisotopic (exact) mass is 426 g/mol. The largest absolute Gasteiger partial charge is 0.444 e. The first-order valence-electron chi connectivity index (χ1n) is 8.35. The van der Waals surface area contributed by atoms with E-state index in [2.05, 4.69) is 4.74 Å². The molecule has 162 valence electrons. The predicted octanol–water partition coefficient (Wildman–Crippen LogP) is 4.82. The van der Waals surface area contributed by atoms with Gasteiger partial charge in [0.2, 0.25) is 0 Å². The molecule has 11 heteroatoms. The van der Waals surface area contributed by atoms with Crippen molar-refractivity contribution in [3.8, 4) is 0 Å². The van der Waals surface area contributed by atoms with Crippen LogP contribution in [0.15, 0.2) is 0 Å². The van der Waals surface area contributed by atoms with Gasteiger partial charge in [-0.05, 0) is 17.3 Å². The molecule has 0 fully saturated rings. The van der Waals surface area contributed by atoms with Crippen LogP contribution in [-0.4, -0.2) is 36.5 Å². The number of rotatable bonds is 9. The van der Waals surface area contributed by atoms with E-state index in [4.69, 9.17) is 4.55 Å². The van der Waals surface area contributed by atoms with Gasteiger partial charge < -0.3 is 4.74 Å². The van der Waals surface area contributed by atoms with Gasteiger partial charge in [-0.2, -0.15) is 30.4 Å². The van der Waals surface area contributed by atoms with Crippen molar-refractivity contribution in [1.82, 2.24) is 0 Å². The third-order valence-electron chi connectivity index (χ3n) is 5.03. The molecule has 0 aliphatic heterocycles. The second-order valence-corrected chi connectivity index (χ2v) is 9.51. The van der Waals surface area contributed by atoms with E-state index in [-0.39, 0.29) is 6.42 Å². The molecular formula is C16H27F5O5S. The molecule has 0 saturated carbocycles. The molecule has 0 radical (unpaired) electrons. The molecule has 0 heterocycles. The van der Waals surface area contributed by atoms with Crippen molar-refractivity contribution in [3.05, 3.63) is 0 Å². The summed E-state index contributed by atoms with van der Waals surface area (Å²) in [4.78, 5) is 12.4. The topological polar surface area (TPSA) is 80.7 Å². The minimum atomic E-state index is -6.47. The lowest BCUT2D eigenvalue weighted by atomic mass is 9.68. The van der Waals surface area contributed by atoms with Crippen molar-refractivity contribution in [2.75, 3.05) is 0 Å². The van der Waals surface area contributed by atoms with Crippen LogP contribution in [0.2, 0.25) is 0 Å². The maximum atomic E-state index is 13.7. The summed E-state index contributed by atoms with van der Waals surface area (Å²) in [5.74, 6) is -2.78. The van der Waals surface area contributed by atoms with Gasteiger partial charge in [-0.1, -0.05) is 54.4 Å². The van der Waals surface area contributed by atoms with Gasteiger partial charge in [0.05, 0.1) is 5.92 Å². The highest BCUT2D eigenvalue weighted by Gasteiger charge is 2.66. The predicted molar refractivity (Wildman–Crippen MR) is 88.7 cm³/mol. The third-order valence-corrected chi connectivity index (χ3v) is 5.94. The van der Waals surface area contributed by atoms with E-state index in [0.717, 1.165) is 0 Å². The molecule has 5 nitrogen and oxygen atoms in total. The Morgan fingerprint density at radius 1 is 1.00 bits per heavy atom. The summed E-state index contributed by atoms with van der Waals surface area (Å²) in [5.41, 5.74) is -1.40.